The van der Waals surface area contributed by atoms with Crippen molar-refractivity contribution in [3.8, 4) is 0 Å². The van der Waals surface area contributed by atoms with Crippen LogP contribution in [0.25, 0.3) is 0 Å². The summed E-state index contributed by atoms with van der Waals surface area (Å²) in [6.45, 7) is 1.85. The number of hydrogen-bond donors (Lipinski definition) is 2. The van der Waals surface area contributed by atoms with Crippen LogP contribution in [0, 0.1) is 6.92 Å². The summed E-state index contributed by atoms with van der Waals surface area (Å²) in [5, 5.41) is 2.60. The maximum Gasteiger partial charge on any atom is 0.257 e. The van der Waals surface area contributed by atoms with Crippen LogP contribution in [0.1, 0.15) is 15.9 Å². The number of sulfone groups is 1. The maximum atomic E-state index is 12.3. The van der Waals surface area contributed by atoms with Gasteiger partial charge in [0.2, 0.25) is 0 Å². The molecule has 0 radical (unpaired) electrons. The number of para-hydroxylation sites is 1. The number of amides is 1. The van der Waals surface area contributed by atoms with Crippen molar-refractivity contribution in [3.05, 3.63) is 53.6 Å². The molecule has 0 aliphatic heterocycles. The molecular formula is C15H16N2O3S. The van der Waals surface area contributed by atoms with Gasteiger partial charge in [0.15, 0.2) is 9.84 Å². The second-order valence-electron chi connectivity index (χ2n) is 4.81. The highest BCUT2D eigenvalue weighted by Gasteiger charge is 2.16. The van der Waals surface area contributed by atoms with Crippen LogP contribution >= 0.6 is 0 Å². The molecule has 0 aliphatic rings. The third-order valence-electron chi connectivity index (χ3n) is 2.99. The summed E-state index contributed by atoms with van der Waals surface area (Å²) < 4.78 is 23.4. The number of nitrogens with one attached hydrogen (secondary N) is 1. The lowest BCUT2D eigenvalue weighted by molar-refractivity contribution is 0.102. The second kappa shape index (κ2) is 5.57. The van der Waals surface area contributed by atoms with Gasteiger partial charge in [-0.25, -0.2) is 8.42 Å². The fraction of sp³-hybridized carbons (Fsp3) is 0.133. The van der Waals surface area contributed by atoms with E-state index in [0.29, 0.717) is 11.3 Å². The molecule has 0 aliphatic carbocycles. The Bertz CT molecular complexity index is 798. The van der Waals surface area contributed by atoms with E-state index < -0.39 is 15.7 Å². The first-order valence-corrected chi connectivity index (χ1v) is 8.15. The van der Waals surface area contributed by atoms with Crippen LogP contribution in [-0.4, -0.2) is 20.6 Å². The van der Waals surface area contributed by atoms with Gasteiger partial charge in [0.1, 0.15) is 0 Å². The third kappa shape index (κ3) is 3.41. The number of carbonyl (C=O) groups excluding carboxylic acids is 1. The van der Waals surface area contributed by atoms with E-state index in [1.54, 1.807) is 36.4 Å². The van der Waals surface area contributed by atoms with E-state index in [-0.39, 0.29) is 10.6 Å². The Morgan fingerprint density at radius 2 is 1.81 bits per heavy atom. The normalized spacial score (nSPS) is 11.1. The molecule has 5 nitrogen and oxygen atoms in total. The van der Waals surface area contributed by atoms with Crippen LogP contribution in [0.15, 0.2) is 47.4 Å². The molecule has 2 aromatic rings. The second-order valence-corrected chi connectivity index (χ2v) is 6.80. The average molecular weight is 304 g/mol. The van der Waals surface area contributed by atoms with Crippen molar-refractivity contribution in [3.63, 3.8) is 0 Å². The number of anilines is 2. The van der Waals surface area contributed by atoms with Gasteiger partial charge in [0.25, 0.3) is 5.91 Å². The minimum atomic E-state index is -3.43. The van der Waals surface area contributed by atoms with E-state index in [2.05, 4.69) is 5.32 Å². The zero-order chi connectivity index (χ0) is 15.6. The third-order valence-corrected chi connectivity index (χ3v) is 4.14. The Hall–Kier alpha value is -2.34. The Labute approximate surface area is 123 Å². The molecule has 0 spiro atoms. The first-order chi connectivity index (χ1) is 9.79. The van der Waals surface area contributed by atoms with Crippen molar-refractivity contribution in [2.45, 2.75) is 11.8 Å². The van der Waals surface area contributed by atoms with Crippen molar-refractivity contribution in [1.29, 1.82) is 0 Å². The molecule has 0 unspecified atom stereocenters. The summed E-state index contributed by atoms with van der Waals surface area (Å²) in [6, 6.07) is 11.4. The molecule has 0 heterocycles. The summed E-state index contributed by atoms with van der Waals surface area (Å²) in [5.74, 6) is -0.438. The molecule has 0 saturated heterocycles. The first-order valence-electron chi connectivity index (χ1n) is 6.25. The zero-order valence-corrected chi connectivity index (χ0v) is 12.6. The summed E-state index contributed by atoms with van der Waals surface area (Å²) in [7, 11) is -3.43. The van der Waals surface area contributed by atoms with E-state index >= 15 is 0 Å². The Balaban J connectivity index is 2.39. The SMILES string of the molecule is Cc1ccc(N)c(C(=O)Nc2ccccc2S(C)(=O)=O)c1. The lowest BCUT2D eigenvalue weighted by Crippen LogP contribution is -2.16. The van der Waals surface area contributed by atoms with Crippen LogP contribution < -0.4 is 11.1 Å². The standard InChI is InChI=1S/C15H16N2O3S/c1-10-7-8-12(16)11(9-10)15(18)17-13-5-3-4-6-14(13)21(2,19)20/h3-9H,16H2,1-2H3,(H,17,18). The first kappa shape index (κ1) is 15.1. The van der Waals surface area contributed by atoms with Gasteiger partial charge >= 0.3 is 0 Å². The van der Waals surface area contributed by atoms with Gasteiger partial charge < -0.3 is 11.1 Å². The summed E-state index contributed by atoms with van der Waals surface area (Å²) in [5.41, 5.74) is 7.58. The lowest BCUT2D eigenvalue weighted by atomic mass is 10.1. The number of hydrogen-bond acceptors (Lipinski definition) is 4. The molecule has 0 fully saturated rings. The molecule has 2 aromatic carbocycles. The summed E-state index contributed by atoms with van der Waals surface area (Å²) in [4.78, 5) is 12.4. The maximum absolute atomic E-state index is 12.3. The molecule has 3 N–H and O–H groups in total. The number of benzene rings is 2. The van der Waals surface area contributed by atoms with Gasteiger partial charge in [-0.15, -0.1) is 0 Å². The quantitative estimate of drug-likeness (QED) is 0.851. The van der Waals surface area contributed by atoms with Gasteiger partial charge in [-0.3, -0.25) is 4.79 Å². The molecule has 0 atom stereocenters. The lowest BCUT2D eigenvalue weighted by Gasteiger charge is -2.11. The highest BCUT2D eigenvalue weighted by atomic mass is 32.2. The molecule has 0 bridgehead atoms. The molecular weight excluding hydrogens is 288 g/mol. The van der Waals surface area contributed by atoms with Crippen molar-refractivity contribution in [2.75, 3.05) is 17.3 Å². The Morgan fingerprint density at radius 3 is 2.48 bits per heavy atom. The summed E-state index contributed by atoms with van der Waals surface area (Å²) in [6.07, 6.45) is 1.10. The van der Waals surface area contributed by atoms with E-state index in [4.69, 9.17) is 5.73 Å². The number of carbonyl (C=O) groups is 1. The van der Waals surface area contributed by atoms with Gasteiger partial charge in [-0.1, -0.05) is 23.8 Å². The van der Waals surface area contributed by atoms with E-state index in [1.165, 1.54) is 6.07 Å². The van der Waals surface area contributed by atoms with Crippen LogP contribution in [0.5, 0.6) is 0 Å². The highest BCUT2D eigenvalue weighted by molar-refractivity contribution is 7.90. The van der Waals surface area contributed by atoms with E-state index in [1.807, 2.05) is 6.92 Å². The largest absolute Gasteiger partial charge is 0.398 e. The molecule has 21 heavy (non-hydrogen) atoms. The minimum Gasteiger partial charge on any atom is -0.398 e. The molecule has 6 heteroatoms. The molecule has 0 aromatic heterocycles. The van der Waals surface area contributed by atoms with Crippen LogP contribution in [0.3, 0.4) is 0 Å². The van der Waals surface area contributed by atoms with Crippen LogP contribution in [-0.2, 0) is 9.84 Å². The van der Waals surface area contributed by atoms with Crippen molar-refractivity contribution >= 4 is 27.1 Å². The van der Waals surface area contributed by atoms with Gasteiger partial charge in [-0.2, -0.15) is 0 Å². The van der Waals surface area contributed by atoms with E-state index in [0.717, 1.165) is 11.8 Å². The molecule has 1 amide bonds. The number of aryl methyl sites for hydroxylation is 1. The van der Waals surface area contributed by atoms with Crippen molar-refractivity contribution in [1.82, 2.24) is 0 Å². The van der Waals surface area contributed by atoms with Gasteiger partial charge in [-0.05, 0) is 31.2 Å². The van der Waals surface area contributed by atoms with Crippen LogP contribution in [0.4, 0.5) is 11.4 Å². The van der Waals surface area contributed by atoms with Gasteiger partial charge in [0, 0.05) is 11.9 Å². The molecule has 110 valence electrons. The Morgan fingerprint density at radius 1 is 1.14 bits per heavy atom. The zero-order valence-electron chi connectivity index (χ0n) is 11.8. The number of nitrogens with two attached hydrogens (primary N) is 1. The van der Waals surface area contributed by atoms with E-state index in [9.17, 15) is 13.2 Å². The Kier molecular flexibility index (Phi) is 3.99. The van der Waals surface area contributed by atoms with Crippen molar-refractivity contribution in [2.24, 2.45) is 0 Å². The fourth-order valence-corrected chi connectivity index (χ4v) is 2.79. The molecule has 2 rings (SSSR count). The van der Waals surface area contributed by atoms with Gasteiger partial charge in [0.05, 0.1) is 16.1 Å². The van der Waals surface area contributed by atoms with Crippen LogP contribution in [0.2, 0.25) is 0 Å². The molecule has 0 saturated carbocycles. The number of rotatable bonds is 3. The minimum absolute atomic E-state index is 0.0737. The summed E-state index contributed by atoms with van der Waals surface area (Å²) >= 11 is 0. The monoisotopic (exact) mass is 304 g/mol. The van der Waals surface area contributed by atoms with Crippen molar-refractivity contribution < 1.29 is 13.2 Å². The average Bonchev–Trinajstić information content (AvgIpc) is 2.41. The predicted molar refractivity (Wildman–Crippen MR) is 83.1 cm³/mol. The fourth-order valence-electron chi connectivity index (χ4n) is 1.95. The highest BCUT2D eigenvalue weighted by Crippen LogP contribution is 2.22. The smallest absolute Gasteiger partial charge is 0.257 e. The number of nitrogen functional groups attached to an aromatic ring is 1. The topological polar surface area (TPSA) is 89.3 Å². The predicted octanol–water partition coefficient (Wildman–Crippen LogP) is 2.23.